The van der Waals surface area contributed by atoms with E-state index in [0.29, 0.717) is 12.1 Å². The van der Waals surface area contributed by atoms with Crippen molar-refractivity contribution in [3.05, 3.63) is 60.0 Å². The number of thiophene rings is 1. The van der Waals surface area contributed by atoms with Crippen molar-refractivity contribution < 1.29 is 28.0 Å². The van der Waals surface area contributed by atoms with E-state index in [2.05, 4.69) is 67.3 Å². The van der Waals surface area contributed by atoms with Crippen LogP contribution in [0.1, 0.15) is 33.1 Å². The first-order valence-electron chi connectivity index (χ1n) is 14.1. The molecule has 1 aliphatic heterocycles. The van der Waals surface area contributed by atoms with Crippen LogP contribution in [0.15, 0.2) is 60.0 Å². The number of rotatable bonds is 12. The zero-order valence-electron chi connectivity index (χ0n) is 24.0. The van der Waals surface area contributed by atoms with Gasteiger partial charge in [0.2, 0.25) is 12.7 Å². The van der Waals surface area contributed by atoms with Gasteiger partial charge >= 0.3 is 7.82 Å². The molecule has 0 radical (unpaired) electrons. The van der Waals surface area contributed by atoms with E-state index >= 15 is 0 Å². The molecule has 0 amide bonds. The van der Waals surface area contributed by atoms with Crippen molar-refractivity contribution in [1.82, 2.24) is 9.88 Å². The van der Waals surface area contributed by atoms with E-state index in [4.69, 9.17) is 9.47 Å². The van der Waals surface area contributed by atoms with Crippen LogP contribution in [-0.4, -0.2) is 68.0 Å². The van der Waals surface area contributed by atoms with Crippen molar-refractivity contribution in [2.24, 2.45) is 0 Å². The molecule has 0 aliphatic carbocycles. The summed E-state index contributed by atoms with van der Waals surface area (Å²) >= 11 is 1.80. The first kappa shape index (κ1) is 31.2. The first-order chi connectivity index (χ1) is 19.9. The number of pyridine rings is 1. The molecule has 1 aliphatic rings. The molecule has 1 saturated heterocycles. The van der Waals surface area contributed by atoms with E-state index in [0.717, 1.165) is 63.8 Å². The summed E-state index contributed by atoms with van der Waals surface area (Å²) < 4.78 is 33.0. The second-order valence-electron chi connectivity index (χ2n) is 9.75. The third kappa shape index (κ3) is 9.13. The monoisotopic (exact) mass is 601 g/mol. The van der Waals surface area contributed by atoms with Gasteiger partial charge in [-0.05, 0) is 61.2 Å². The Hall–Kier alpha value is -2.72. The Morgan fingerprint density at radius 3 is 2.56 bits per heavy atom. The quantitative estimate of drug-likeness (QED) is 0.105. The number of anilines is 1. The lowest BCUT2D eigenvalue weighted by Gasteiger charge is -2.36. The second kappa shape index (κ2) is 15.5. The number of piperazine rings is 1. The van der Waals surface area contributed by atoms with Crippen LogP contribution in [0.25, 0.3) is 21.0 Å². The molecule has 4 aromatic rings. The third-order valence-corrected chi connectivity index (χ3v) is 8.39. The van der Waals surface area contributed by atoms with Crippen molar-refractivity contribution in [3.63, 3.8) is 0 Å². The zero-order chi connectivity index (χ0) is 29.1. The van der Waals surface area contributed by atoms with Crippen LogP contribution in [0, 0.1) is 0 Å². The minimum atomic E-state index is -4.09. The topological polar surface area (TPSA) is 93.6 Å². The first-order valence-corrected chi connectivity index (χ1v) is 16.4. The standard InChI is InChI=1S/C27H32N3O6PS.C3H8/c1-33-37(31,32)36-20-35-27-10-8-21-7-9-22(19-24(21)28-27)34-17-3-2-12-29-13-15-30(16-14-29)25-5-4-6-26-23(25)11-18-38-26;1-3-2/h4-11,18-19H,2-3,12-17,20H2,1H3,(H,31,32);3H2,1-2H3. The zero-order valence-corrected chi connectivity index (χ0v) is 25.7. The summed E-state index contributed by atoms with van der Waals surface area (Å²) in [7, 11) is -3.00. The highest BCUT2D eigenvalue weighted by Crippen LogP contribution is 2.41. The molecule has 2 aromatic heterocycles. The summed E-state index contributed by atoms with van der Waals surface area (Å²) in [6.45, 7) is 9.78. The number of benzene rings is 2. The SMILES string of the molecule is CCC.COP(=O)(O)OCOc1ccc2ccc(OCCCCN3CCN(c4cccc5sccc45)CC3)cc2n1. The van der Waals surface area contributed by atoms with Crippen molar-refractivity contribution in [3.8, 4) is 11.6 Å². The number of fused-ring (bicyclic) bond motifs is 2. The predicted octanol–water partition coefficient (Wildman–Crippen LogP) is 6.95. The van der Waals surface area contributed by atoms with E-state index in [1.807, 2.05) is 24.3 Å². The van der Waals surface area contributed by atoms with Gasteiger partial charge in [-0.2, -0.15) is 0 Å². The Morgan fingerprint density at radius 1 is 1.00 bits per heavy atom. The Balaban J connectivity index is 0.00000124. The highest BCUT2D eigenvalue weighted by molar-refractivity contribution is 7.47. The smallest absolute Gasteiger partial charge is 0.474 e. The number of unbranched alkanes of at least 4 members (excludes halogenated alkanes) is 1. The van der Waals surface area contributed by atoms with Gasteiger partial charge in [0.05, 0.1) is 12.1 Å². The predicted molar refractivity (Wildman–Crippen MR) is 166 cm³/mol. The number of hydrogen-bond donors (Lipinski definition) is 1. The van der Waals surface area contributed by atoms with E-state index in [1.165, 1.54) is 22.2 Å². The third-order valence-electron chi connectivity index (χ3n) is 6.61. The number of aromatic nitrogens is 1. The summed E-state index contributed by atoms with van der Waals surface area (Å²) in [6, 6.07) is 18.1. The van der Waals surface area contributed by atoms with E-state index in [1.54, 1.807) is 17.4 Å². The average molecular weight is 602 g/mol. The maximum Gasteiger partial charge on any atom is 0.474 e. The molecule has 1 unspecified atom stereocenters. The van der Waals surface area contributed by atoms with Crippen molar-refractivity contribution >= 4 is 45.8 Å². The number of phosphoric ester groups is 1. The number of phosphoric acid groups is 1. The van der Waals surface area contributed by atoms with Gasteiger partial charge in [-0.15, -0.1) is 11.3 Å². The fourth-order valence-electron chi connectivity index (χ4n) is 4.55. The molecule has 2 aromatic carbocycles. The highest BCUT2D eigenvalue weighted by Gasteiger charge is 2.19. The van der Waals surface area contributed by atoms with Gasteiger partial charge in [0.1, 0.15) is 5.75 Å². The van der Waals surface area contributed by atoms with Gasteiger partial charge in [0.15, 0.2) is 0 Å². The molecule has 3 heterocycles. The molecule has 0 saturated carbocycles. The summed E-state index contributed by atoms with van der Waals surface area (Å²) in [5.74, 6) is 1.02. The van der Waals surface area contributed by atoms with Crippen molar-refractivity contribution in [1.29, 1.82) is 0 Å². The Labute approximate surface area is 246 Å². The van der Waals surface area contributed by atoms with Gasteiger partial charge in [-0.1, -0.05) is 26.3 Å². The second-order valence-corrected chi connectivity index (χ2v) is 12.3. The van der Waals surface area contributed by atoms with Crippen molar-refractivity contribution in [2.45, 2.75) is 33.1 Å². The maximum atomic E-state index is 11.4. The van der Waals surface area contributed by atoms with E-state index in [-0.39, 0.29) is 5.88 Å². The fraction of sp³-hybridized carbons (Fsp3) is 0.433. The van der Waals surface area contributed by atoms with Gasteiger partial charge in [-0.3, -0.25) is 9.42 Å². The summed E-state index contributed by atoms with van der Waals surface area (Å²) in [6.07, 6.45) is 3.31. The summed E-state index contributed by atoms with van der Waals surface area (Å²) in [5, 5.41) is 4.47. The van der Waals surface area contributed by atoms with Gasteiger partial charge < -0.3 is 19.3 Å². The molecular weight excluding hydrogens is 561 g/mol. The maximum absolute atomic E-state index is 11.4. The van der Waals surface area contributed by atoms with Gasteiger partial charge in [0.25, 0.3) is 0 Å². The molecule has 222 valence electrons. The number of hydrogen-bond acceptors (Lipinski definition) is 9. The van der Waals surface area contributed by atoms with E-state index in [9.17, 15) is 9.46 Å². The normalized spacial score (nSPS) is 15.4. The number of ether oxygens (including phenoxy) is 2. The minimum Gasteiger partial charge on any atom is -0.494 e. The van der Waals surface area contributed by atoms with E-state index < -0.39 is 14.6 Å². The van der Waals surface area contributed by atoms with Crippen molar-refractivity contribution in [2.75, 3.05) is 58.1 Å². The molecule has 1 atom stereocenters. The molecule has 11 heteroatoms. The van der Waals surface area contributed by atoms with Crippen LogP contribution >= 0.6 is 19.2 Å². The lowest BCUT2D eigenvalue weighted by molar-refractivity contribution is 0.0722. The minimum absolute atomic E-state index is 0.276. The fourth-order valence-corrected chi connectivity index (χ4v) is 5.65. The van der Waals surface area contributed by atoms with Crippen LogP contribution < -0.4 is 14.4 Å². The Morgan fingerprint density at radius 2 is 1.78 bits per heavy atom. The lowest BCUT2D eigenvalue weighted by atomic mass is 10.2. The molecule has 1 N–H and O–H groups in total. The van der Waals surface area contributed by atoms with Crippen LogP contribution in [0.4, 0.5) is 5.69 Å². The molecular formula is C30H40N3O6PS. The van der Waals surface area contributed by atoms with Crippen LogP contribution in [0.5, 0.6) is 11.6 Å². The largest absolute Gasteiger partial charge is 0.494 e. The van der Waals surface area contributed by atoms with Gasteiger partial charge in [0, 0.05) is 66.6 Å². The highest BCUT2D eigenvalue weighted by atomic mass is 32.1. The molecule has 5 rings (SSSR count). The molecule has 41 heavy (non-hydrogen) atoms. The molecule has 9 nitrogen and oxygen atoms in total. The van der Waals surface area contributed by atoms with Gasteiger partial charge in [-0.25, -0.2) is 14.1 Å². The molecule has 0 bridgehead atoms. The Kier molecular flexibility index (Phi) is 11.8. The molecule has 0 spiro atoms. The summed E-state index contributed by atoms with van der Waals surface area (Å²) in [4.78, 5) is 18.7. The van der Waals surface area contributed by atoms with Crippen LogP contribution in [0.3, 0.4) is 0 Å². The molecule has 1 fully saturated rings. The average Bonchev–Trinajstić information content (AvgIpc) is 3.47. The van der Waals surface area contributed by atoms with Crippen LogP contribution in [-0.2, 0) is 13.6 Å². The lowest BCUT2D eigenvalue weighted by Crippen LogP contribution is -2.46. The number of nitrogens with zero attached hydrogens (tertiary/aromatic N) is 3. The Bertz CT molecular complexity index is 1430. The summed E-state index contributed by atoms with van der Waals surface area (Å²) in [5.41, 5.74) is 2.06. The van der Waals surface area contributed by atoms with Crippen LogP contribution in [0.2, 0.25) is 0 Å².